The van der Waals surface area contributed by atoms with Crippen molar-refractivity contribution in [2.75, 3.05) is 13.2 Å². The van der Waals surface area contributed by atoms with Gasteiger partial charge in [-0.3, -0.25) is 4.79 Å². The van der Waals surface area contributed by atoms with E-state index < -0.39 is 0 Å². The lowest BCUT2D eigenvalue weighted by molar-refractivity contribution is 0.1000. The van der Waals surface area contributed by atoms with Gasteiger partial charge in [0.1, 0.15) is 13.2 Å². The molecule has 0 spiro atoms. The molecule has 0 aliphatic carbocycles. The Hall–Kier alpha value is -2.43. The van der Waals surface area contributed by atoms with Crippen LogP contribution in [0.4, 0.5) is 0 Å². The number of aromatic nitrogens is 1. The molecule has 1 amide bonds. The van der Waals surface area contributed by atoms with E-state index in [4.69, 9.17) is 15.2 Å². The molecule has 0 fully saturated rings. The van der Waals surface area contributed by atoms with Crippen LogP contribution in [0.15, 0.2) is 18.2 Å². The highest BCUT2D eigenvalue weighted by Gasteiger charge is 2.24. The fraction of sp³-hybridized carbons (Fsp3) is 0.577. The number of amides is 1. The first-order chi connectivity index (χ1) is 15.0. The van der Waals surface area contributed by atoms with Crippen LogP contribution < -0.4 is 15.2 Å². The van der Waals surface area contributed by atoms with Gasteiger partial charge in [0.2, 0.25) is 0 Å². The Balaban J connectivity index is 1.68. The van der Waals surface area contributed by atoms with Gasteiger partial charge < -0.3 is 19.8 Å². The fourth-order valence-electron chi connectivity index (χ4n) is 4.65. The molecule has 5 nitrogen and oxygen atoms in total. The molecule has 1 aromatic heterocycles. The van der Waals surface area contributed by atoms with Gasteiger partial charge in [-0.05, 0) is 38.0 Å². The number of primary amides is 1. The van der Waals surface area contributed by atoms with Gasteiger partial charge in [0.15, 0.2) is 11.5 Å². The second kappa shape index (κ2) is 11.3. The van der Waals surface area contributed by atoms with Crippen molar-refractivity contribution in [2.24, 2.45) is 5.73 Å². The molecule has 3 rings (SSSR count). The first-order valence-corrected chi connectivity index (χ1v) is 11.9. The minimum atomic E-state index is -0.378. The Kier molecular flexibility index (Phi) is 8.44. The zero-order chi connectivity index (χ0) is 22.2. The summed E-state index contributed by atoms with van der Waals surface area (Å²) in [6.45, 7) is 8.36. The number of nitrogens with two attached hydrogens (primary N) is 1. The number of fused-ring (bicyclic) bond motifs is 1. The second-order valence-corrected chi connectivity index (χ2v) is 8.62. The van der Waals surface area contributed by atoms with Crippen LogP contribution in [-0.2, 0) is 6.54 Å². The van der Waals surface area contributed by atoms with Crippen molar-refractivity contribution < 1.29 is 14.3 Å². The van der Waals surface area contributed by atoms with Gasteiger partial charge in [0.05, 0.1) is 5.56 Å². The highest BCUT2D eigenvalue weighted by Crippen LogP contribution is 2.38. The molecule has 1 aliphatic rings. The summed E-state index contributed by atoms with van der Waals surface area (Å²) < 4.78 is 13.6. The summed E-state index contributed by atoms with van der Waals surface area (Å²) in [5.41, 5.74) is 10.3. The summed E-state index contributed by atoms with van der Waals surface area (Å²) in [6.07, 6.45) is 11.7. The number of hydrogen-bond acceptors (Lipinski definition) is 3. The van der Waals surface area contributed by atoms with Crippen LogP contribution in [0.25, 0.3) is 11.1 Å². The summed E-state index contributed by atoms with van der Waals surface area (Å²) in [5.74, 6) is 1.10. The summed E-state index contributed by atoms with van der Waals surface area (Å²) in [4.78, 5) is 12.3. The molecule has 2 N–H and O–H groups in total. The Morgan fingerprint density at radius 1 is 0.903 bits per heavy atom. The van der Waals surface area contributed by atoms with E-state index in [0.717, 1.165) is 47.0 Å². The van der Waals surface area contributed by atoms with Crippen LogP contribution in [0.1, 0.15) is 86.5 Å². The van der Waals surface area contributed by atoms with E-state index in [9.17, 15) is 4.79 Å². The van der Waals surface area contributed by atoms with Gasteiger partial charge in [0.25, 0.3) is 5.91 Å². The van der Waals surface area contributed by atoms with Crippen molar-refractivity contribution in [3.63, 3.8) is 0 Å². The average molecular weight is 427 g/mol. The van der Waals surface area contributed by atoms with Crippen LogP contribution in [0.5, 0.6) is 11.5 Å². The molecule has 0 unspecified atom stereocenters. The van der Waals surface area contributed by atoms with Crippen LogP contribution in [0.2, 0.25) is 0 Å². The van der Waals surface area contributed by atoms with Crippen LogP contribution in [0.3, 0.4) is 0 Å². The van der Waals surface area contributed by atoms with Gasteiger partial charge in [-0.25, -0.2) is 0 Å². The predicted octanol–water partition coefficient (Wildman–Crippen LogP) is 6.17. The van der Waals surface area contributed by atoms with E-state index in [1.807, 2.05) is 25.1 Å². The van der Waals surface area contributed by atoms with Gasteiger partial charge >= 0.3 is 0 Å². The molecule has 0 radical (unpaired) electrons. The van der Waals surface area contributed by atoms with Gasteiger partial charge in [-0.1, -0.05) is 64.4 Å². The Morgan fingerprint density at radius 3 is 2.16 bits per heavy atom. The van der Waals surface area contributed by atoms with E-state index >= 15 is 0 Å². The minimum Gasteiger partial charge on any atom is -0.486 e. The van der Waals surface area contributed by atoms with Crippen molar-refractivity contribution in [1.82, 2.24) is 4.57 Å². The molecule has 0 bridgehead atoms. The maximum atomic E-state index is 12.3. The molecule has 1 aliphatic heterocycles. The van der Waals surface area contributed by atoms with E-state index in [2.05, 4.69) is 18.4 Å². The molecule has 0 atom stereocenters. The van der Waals surface area contributed by atoms with E-state index in [-0.39, 0.29) is 5.91 Å². The Bertz CT molecular complexity index is 885. The van der Waals surface area contributed by atoms with Gasteiger partial charge in [-0.2, -0.15) is 0 Å². The summed E-state index contributed by atoms with van der Waals surface area (Å²) in [7, 11) is 0. The molecule has 2 heterocycles. The highest BCUT2D eigenvalue weighted by molar-refractivity contribution is 6.02. The standard InChI is InChI=1S/C26H38N2O3/c1-4-5-6-7-8-9-10-11-12-15-28-19(2)24(25(20(28)3)26(27)29)21-13-14-22-23(18-21)31-17-16-30-22/h13-14,18H,4-12,15-17H2,1-3H3,(H2,27,29). The molecule has 2 aromatic rings. The van der Waals surface area contributed by atoms with Crippen LogP contribution in [-0.4, -0.2) is 23.7 Å². The predicted molar refractivity (Wildman–Crippen MR) is 126 cm³/mol. The smallest absolute Gasteiger partial charge is 0.251 e. The first kappa shape index (κ1) is 23.2. The molecule has 1 aromatic carbocycles. The number of rotatable bonds is 12. The van der Waals surface area contributed by atoms with E-state index in [1.165, 1.54) is 51.4 Å². The lowest BCUT2D eigenvalue weighted by Gasteiger charge is -2.19. The number of nitrogens with zero attached hydrogens (tertiary/aromatic N) is 1. The molecule has 170 valence electrons. The number of carbonyl (C=O) groups is 1. The monoisotopic (exact) mass is 426 g/mol. The maximum Gasteiger partial charge on any atom is 0.251 e. The zero-order valence-electron chi connectivity index (χ0n) is 19.5. The number of ether oxygens (including phenoxy) is 2. The Morgan fingerprint density at radius 2 is 1.52 bits per heavy atom. The summed E-state index contributed by atoms with van der Waals surface area (Å²) in [5, 5.41) is 0. The lowest BCUT2D eigenvalue weighted by atomic mass is 9.99. The third-order valence-corrected chi connectivity index (χ3v) is 6.35. The Labute approximate surface area is 186 Å². The molecule has 0 saturated heterocycles. The summed E-state index contributed by atoms with van der Waals surface area (Å²) in [6, 6.07) is 5.87. The topological polar surface area (TPSA) is 66.5 Å². The molecular weight excluding hydrogens is 388 g/mol. The van der Waals surface area contributed by atoms with Crippen molar-refractivity contribution in [1.29, 1.82) is 0 Å². The lowest BCUT2D eigenvalue weighted by Crippen LogP contribution is -2.15. The molecule has 0 saturated carbocycles. The molecular formula is C26H38N2O3. The minimum absolute atomic E-state index is 0.378. The SMILES string of the molecule is CCCCCCCCCCCn1c(C)c(C(N)=O)c(-c2ccc3c(c2)OCCO3)c1C. The third kappa shape index (κ3) is 5.63. The summed E-state index contributed by atoms with van der Waals surface area (Å²) >= 11 is 0. The van der Waals surface area contributed by atoms with Crippen molar-refractivity contribution in [2.45, 2.75) is 85.1 Å². The fourth-order valence-corrected chi connectivity index (χ4v) is 4.65. The third-order valence-electron chi connectivity index (χ3n) is 6.35. The van der Waals surface area contributed by atoms with E-state index in [0.29, 0.717) is 18.8 Å². The van der Waals surface area contributed by atoms with Crippen molar-refractivity contribution in [3.05, 3.63) is 35.2 Å². The number of unbranched alkanes of at least 4 members (excludes halogenated alkanes) is 8. The molecule has 31 heavy (non-hydrogen) atoms. The zero-order valence-corrected chi connectivity index (χ0v) is 19.5. The maximum absolute atomic E-state index is 12.3. The largest absolute Gasteiger partial charge is 0.486 e. The number of carbonyl (C=O) groups excluding carboxylic acids is 1. The number of hydrogen-bond donors (Lipinski definition) is 1. The second-order valence-electron chi connectivity index (χ2n) is 8.62. The van der Waals surface area contributed by atoms with Crippen LogP contribution in [0, 0.1) is 13.8 Å². The average Bonchev–Trinajstić information content (AvgIpc) is 3.02. The van der Waals surface area contributed by atoms with Crippen molar-refractivity contribution >= 4 is 5.91 Å². The quantitative estimate of drug-likeness (QED) is 0.413. The number of benzene rings is 1. The highest BCUT2D eigenvalue weighted by atomic mass is 16.6. The molecule has 5 heteroatoms. The van der Waals surface area contributed by atoms with Crippen molar-refractivity contribution in [3.8, 4) is 22.6 Å². The van der Waals surface area contributed by atoms with Gasteiger partial charge in [0, 0.05) is 23.5 Å². The normalized spacial score (nSPS) is 12.9. The first-order valence-electron chi connectivity index (χ1n) is 11.9. The van der Waals surface area contributed by atoms with Crippen LogP contribution >= 0.6 is 0 Å². The van der Waals surface area contributed by atoms with Gasteiger partial charge in [-0.15, -0.1) is 0 Å². The van der Waals surface area contributed by atoms with E-state index in [1.54, 1.807) is 0 Å².